The monoisotopic (exact) mass is 142 g/mol. The molecule has 8 heavy (non-hydrogen) atoms. The smallest absolute Gasteiger partial charge is 0.161 e. The summed E-state index contributed by atoms with van der Waals surface area (Å²) in [5, 5.41) is 0. The van der Waals surface area contributed by atoms with E-state index in [-0.39, 0.29) is 6.15 Å². The molecule has 0 aliphatic carbocycles. The van der Waals surface area contributed by atoms with Gasteiger partial charge in [-0.2, -0.15) is 0 Å². The molecule has 0 heterocycles. The van der Waals surface area contributed by atoms with Crippen LogP contribution < -0.4 is 6.15 Å². The summed E-state index contributed by atoms with van der Waals surface area (Å²) in [5.74, 6) is 0. The third-order valence-corrected chi connectivity index (χ3v) is 1.34. The molecule has 0 aliphatic heterocycles. The van der Waals surface area contributed by atoms with E-state index in [1.165, 1.54) is 14.1 Å². The van der Waals surface area contributed by atoms with E-state index in [0.717, 1.165) is 0 Å². The Morgan fingerprint density at radius 3 is 1.50 bits per heavy atom. The highest BCUT2D eigenvalue weighted by atomic mass is 32.2. The maximum absolute atomic E-state index is 9.70. The van der Waals surface area contributed by atoms with E-state index < -0.39 is 10.3 Å². The van der Waals surface area contributed by atoms with Gasteiger partial charge in [0.2, 0.25) is 0 Å². The van der Waals surface area contributed by atoms with Crippen LogP contribution in [0.3, 0.4) is 0 Å². The van der Waals surface area contributed by atoms with Crippen molar-refractivity contribution in [3.63, 3.8) is 0 Å². The summed E-state index contributed by atoms with van der Waals surface area (Å²) < 4.78 is 29.7. The molecule has 6 heteroatoms. The van der Waals surface area contributed by atoms with Crippen LogP contribution in [0.2, 0.25) is 0 Å². The Bertz CT molecular complexity index is 137. The standard InChI is InChI=1S/C2H7NO3S.H3N/c1-3(2)7(4,5)6;/h1-2H3,(H,4,5,6);1H3. The molecule has 5 nitrogen and oxygen atoms in total. The zero-order valence-electron chi connectivity index (χ0n) is 5.08. The Hall–Kier alpha value is -0.170. The molecule has 4 N–H and O–H groups in total. The Morgan fingerprint density at radius 1 is 1.38 bits per heavy atom. The van der Waals surface area contributed by atoms with Crippen molar-refractivity contribution in [3.05, 3.63) is 0 Å². The first-order valence-corrected chi connectivity index (χ1v) is 2.94. The molecule has 0 radical (unpaired) electrons. The van der Waals surface area contributed by atoms with Crippen molar-refractivity contribution in [2.24, 2.45) is 0 Å². The molecular weight excluding hydrogens is 132 g/mol. The summed E-state index contributed by atoms with van der Waals surface area (Å²) >= 11 is 0. The molecular formula is C2H10N2O3S. The summed E-state index contributed by atoms with van der Waals surface area (Å²) in [6.45, 7) is 0. The van der Waals surface area contributed by atoms with Gasteiger partial charge >= 0.3 is 0 Å². The highest BCUT2D eigenvalue weighted by molar-refractivity contribution is 7.83. The van der Waals surface area contributed by atoms with Crippen molar-refractivity contribution in [2.75, 3.05) is 14.1 Å². The summed E-state index contributed by atoms with van der Waals surface area (Å²) in [4.78, 5) is 0. The molecule has 0 saturated carbocycles. The summed E-state index contributed by atoms with van der Waals surface area (Å²) in [5.41, 5.74) is 0. The van der Waals surface area contributed by atoms with E-state index in [1.807, 2.05) is 0 Å². The fourth-order valence-corrected chi connectivity index (χ4v) is 0. The molecule has 0 spiro atoms. The summed E-state index contributed by atoms with van der Waals surface area (Å²) in [7, 11) is -1.79. The van der Waals surface area contributed by atoms with Crippen LogP contribution in [0.5, 0.6) is 0 Å². The third-order valence-electron chi connectivity index (χ3n) is 0.447. The number of hydrogen-bond acceptors (Lipinski definition) is 3. The maximum atomic E-state index is 9.70. The van der Waals surface area contributed by atoms with E-state index in [4.69, 9.17) is 0 Å². The quantitative estimate of drug-likeness (QED) is 0.494. The predicted molar refractivity (Wildman–Crippen MR) is 29.4 cm³/mol. The normalized spacial score (nSPS) is 11.0. The highest BCUT2D eigenvalue weighted by Gasteiger charge is 1.92. The van der Waals surface area contributed by atoms with Gasteiger partial charge in [0, 0.05) is 14.1 Å². The van der Waals surface area contributed by atoms with E-state index in [0.29, 0.717) is 4.31 Å². The number of rotatable bonds is 1. The lowest BCUT2D eigenvalue weighted by atomic mass is 11.3. The molecule has 0 bridgehead atoms. The first-order valence-electron chi connectivity index (χ1n) is 1.58. The SMILES string of the molecule is CN(C)S(=O)(=O)[O-].[NH4+]. The first kappa shape index (κ1) is 10.7. The van der Waals surface area contributed by atoms with Gasteiger partial charge in [0.05, 0.1) is 0 Å². The molecule has 0 aromatic rings. The van der Waals surface area contributed by atoms with Gasteiger partial charge in [-0.05, 0) is 0 Å². The summed E-state index contributed by atoms with van der Waals surface area (Å²) in [6.07, 6.45) is 0. The Morgan fingerprint density at radius 2 is 1.50 bits per heavy atom. The van der Waals surface area contributed by atoms with Gasteiger partial charge in [-0.15, -0.1) is 0 Å². The maximum Gasteiger partial charge on any atom is 0.161 e. The van der Waals surface area contributed by atoms with E-state index in [9.17, 15) is 13.0 Å². The van der Waals surface area contributed by atoms with Gasteiger partial charge < -0.3 is 10.7 Å². The highest BCUT2D eigenvalue weighted by Crippen LogP contribution is 1.81. The largest absolute Gasteiger partial charge is 0.735 e. The zero-order chi connectivity index (χ0) is 6.08. The molecule has 0 aliphatic rings. The fourth-order valence-electron chi connectivity index (χ4n) is 0. The number of nitrogens with zero attached hydrogens (tertiary/aromatic N) is 1. The lowest BCUT2D eigenvalue weighted by Gasteiger charge is -2.12. The molecule has 0 atom stereocenters. The average molecular weight is 142 g/mol. The topological polar surface area (TPSA) is 96.9 Å². The molecule has 0 aromatic heterocycles. The van der Waals surface area contributed by atoms with Crippen LogP contribution in [-0.4, -0.2) is 31.4 Å². The number of hydrogen-bond donors (Lipinski definition) is 1. The fraction of sp³-hybridized carbons (Fsp3) is 1.00. The molecule has 0 aromatic carbocycles. The van der Waals surface area contributed by atoms with Gasteiger partial charge in [0.1, 0.15) is 0 Å². The van der Waals surface area contributed by atoms with E-state index >= 15 is 0 Å². The van der Waals surface area contributed by atoms with E-state index in [1.54, 1.807) is 0 Å². The van der Waals surface area contributed by atoms with Crippen molar-refractivity contribution in [2.45, 2.75) is 0 Å². The van der Waals surface area contributed by atoms with E-state index in [2.05, 4.69) is 0 Å². The minimum absolute atomic E-state index is 0. The minimum atomic E-state index is -4.16. The van der Waals surface area contributed by atoms with Crippen molar-refractivity contribution in [1.82, 2.24) is 10.5 Å². The van der Waals surface area contributed by atoms with Gasteiger partial charge in [0.25, 0.3) is 0 Å². The van der Waals surface area contributed by atoms with Crippen LogP contribution >= 0.6 is 0 Å². The van der Waals surface area contributed by atoms with Crippen LogP contribution in [0, 0.1) is 0 Å². The molecule has 0 rings (SSSR count). The van der Waals surface area contributed by atoms with Crippen LogP contribution in [0.15, 0.2) is 0 Å². The van der Waals surface area contributed by atoms with Crippen molar-refractivity contribution >= 4 is 10.3 Å². The molecule has 0 unspecified atom stereocenters. The van der Waals surface area contributed by atoms with Crippen LogP contribution in [0.4, 0.5) is 0 Å². The van der Waals surface area contributed by atoms with Gasteiger partial charge in [-0.3, -0.25) is 0 Å². The molecule has 0 fully saturated rings. The van der Waals surface area contributed by atoms with Crippen LogP contribution in [-0.2, 0) is 10.3 Å². The first-order chi connectivity index (χ1) is 2.94. The minimum Gasteiger partial charge on any atom is -0.735 e. The zero-order valence-corrected chi connectivity index (χ0v) is 5.90. The molecule has 0 saturated heterocycles. The second kappa shape index (κ2) is 2.98. The lowest BCUT2D eigenvalue weighted by molar-refractivity contribution is 0.400. The predicted octanol–water partition coefficient (Wildman–Crippen LogP) is -0.616. The summed E-state index contributed by atoms with van der Waals surface area (Å²) in [6, 6.07) is 0. The molecule has 52 valence electrons. The Balaban J connectivity index is 0. The van der Waals surface area contributed by atoms with Gasteiger partial charge in [-0.25, -0.2) is 12.7 Å². The van der Waals surface area contributed by atoms with Crippen LogP contribution in [0.25, 0.3) is 0 Å². The van der Waals surface area contributed by atoms with Crippen molar-refractivity contribution in [1.29, 1.82) is 0 Å². The van der Waals surface area contributed by atoms with Crippen molar-refractivity contribution < 1.29 is 13.0 Å². The van der Waals surface area contributed by atoms with Crippen LogP contribution in [0.1, 0.15) is 0 Å². The molecule has 0 amide bonds. The lowest BCUT2D eigenvalue weighted by Crippen LogP contribution is -2.20. The van der Waals surface area contributed by atoms with Crippen molar-refractivity contribution in [3.8, 4) is 0 Å². The Labute approximate surface area is 48.8 Å². The van der Waals surface area contributed by atoms with Gasteiger partial charge in [0.15, 0.2) is 10.3 Å². The second-order valence-corrected chi connectivity index (χ2v) is 2.83. The Kier molecular flexibility index (Phi) is 4.00. The second-order valence-electron chi connectivity index (χ2n) is 1.24. The average Bonchev–Trinajstić information content (AvgIpc) is 1.31. The van der Waals surface area contributed by atoms with Gasteiger partial charge in [-0.1, -0.05) is 0 Å². The number of quaternary nitrogens is 1. The third kappa shape index (κ3) is 4.00.